The number of hydrogen-bond acceptors (Lipinski definition) is 4. The number of carboxylic acid groups (broad SMARTS) is 1. The van der Waals surface area contributed by atoms with Gasteiger partial charge >= 0.3 is 5.97 Å². The number of morpholine rings is 1. The molecule has 1 N–H and O–H groups in total. The van der Waals surface area contributed by atoms with Crippen LogP contribution in [0.2, 0.25) is 0 Å². The zero-order chi connectivity index (χ0) is 15.5. The van der Waals surface area contributed by atoms with E-state index in [0.29, 0.717) is 31.3 Å². The number of hydrogen-bond donors (Lipinski definition) is 1. The van der Waals surface area contributed by atoms with Crippen LogP contribution in [-0.2, 0) is 11.3 Å². The average Bonchev–Trinajstić information content (AvgIpc) is 2.89. The van der Waals surface area contributed by atoms with Crippen LogP contribution in [-0.4, -0.2) is 35.7 Å². The molecule has 0 saturated carbocycles. The van der Waals surface area contributed by atoms with Gasteiger partial charge in [-0.3, -0.25) is 4.90 Å². The van der Waals surface area contributed by atoms with Crippen molar-refractivity contribution in [1.29, 1.82) is 0 Å². The third-order valence-electron chi connectivity index (χ3n) is 3.98. The van der Waals surface area contributed by atoms with Crippen molar-refractivity contribution in [3.05, 3.63) is 59.0 Å². The minimum Gasteiger partial charge on any atom is -0.478 e. The van der Waals surface area contributed by atoms with Crippen LogP contribution in [0.5, 0.6) is 0 Å². The lowest BCUT2D eigenvalue weighted by Crippen LogP contribution is -2.38. The first-order chi connectivity index (χ1) is 10.6. The number of rotatable bonds is 4. The normalized spacial score (nSPS) is 19.2. The number of carboxylic acids is 1. The standard InChI is InChI=1S/C17H19NO4/c1-12-15(17(19)20)9-14(22-12)10-18-7-8-21-11-16(18)13-5-3-2-4-6-13/h2-6,9,16H,7-8,10-11H2,1H3,(H,19,20). The molecule has 1 aromatic heterocycles. The second kappa shape index (κ2) is 6.34. The highest BCUT2D eigenvalue weighted by atomic mass is 16.5. The molecule has 1 unspecified atom stereocenters. The van der Waals surface area contributed by atoms with Crippen LogP contribution in [0, 0.1) is 6.92 Å². The Morgan fingerprint density at radius 1 is 1.36 bits per heavy atom. The number of nitrogens with zero attached hydrogens (tertiary/aromatic N) is 1. The molecule has 0 radical (unpaired) electrons. The molecular weight excluding hydrogens is 282 g/mol. The third kappa shape index (κ3) is 3.05. The summed E-state index contributed by atoms with van der Waals surface area (Å²) in [5, 5.41) is 9.12. The summed E-state index contributed by atoms with van der Waals surface area (Å²) in [7, 11) is 0. The van der Waals surface area contributed by atoms with Crippen LogP contribution in [0.3, 0.4) is 0 Å². The summed E-state index contributed by atoms with van der Waals surface area (Å²) in [6.45, 7) is 4.37. The van der Waals surface area contributed by atoms with Crippen molar-refractivity contribution in [1.82, 2.24) is 4.90 Å². The molecule has 3 rings (SSSR count). The van der Waals surface area contributed by atoms with Crippen LogP contribution in [0.1, 0.15) is 33.5 Å². The minimum atomic E-state index is -0.950. The van der Waals surface area contributed by atoms with Crippen LogP contribution in [0.4, 0.5) is 0 Å². The molecule has 1 fully saturated rings. The molecule has 1 saturated heterocycles. The quantitative estimate of drug-likeness (QED) is 0.941. The zero-order valence-electron chi connectivity index (χ0n) is 12.5. The fourth-order valence-corrected chi connectivity index (χ4v) is 2.84. The summed E-state index contributed by atoms with van der Waals surface area (Å²) in [5.41, 5.74) is 1.43. The van der Waals surface area contributed by atoms with E-state index in [0.717, 1.165) is 6.54 Å². The highest BCUT2D eigenvalue weighted by Gasteiger charge is 2.26. The van der Waals surface area contributed by atoms with Crippen LogP contribution >= 0.6 is 0 Å². The Bertz CT molecular complexity index is 650. The van der Waals surface area contributed by atoms with Gasteiger partial charge in [0, 0.05) is 6.54 Å². The maximum atomic E-state index is 11.1. The summed E-state index contributed by atoms with van der Waals surface area (Å²) in [4.78, 5) is 13.4. The van der Waals surface area contributed by atoms with E-state index in [1.165, 1.54) is 5.56 Å². The summed E-state index contributed by atoms with van der Waals surface area (Å²) in [6.07, 6.45) is 0. The summed E-state index contributed by atoms with van der Waals surface area (Å²) >= 11 is 0. The van der Waals surface area contributed by atoms with Gasteiger partial charge in [-0.2, -0.15) is 0 Å². The van der Waals surface area contributed by atoms with Gasteiger partial charge in [-0.15, -0.1) is 0 Å². The summed E-state index contributed by atoms with van der Waals surface area (Å²) in [5.74, 6) is 0.179. The highest BCUT2D eigenvalue weighted by Crippen LogP contribution is 2.27. The molecule has 116 valence electrons. The lowest BCUT2D eigenvalue weighted by molar-refractivity contribution is -0.0155. The van der Waals surface area contributed by atoms with Crippen molar-refractivity contribution in [2.75, 3.05) is 19.8 Å². The van der Waals surface area contributed by atoms with E-state index in [1.807, 2.05) is 18.2 Å². The third-order valence-corrected chi connectivity index (χ3v) is 3.98. The fourth-order valence-electron chi connectivity index (χ4n) is 2.84. The molecule has 1 aliphatic rings. The van der Waals surface area contributed by atoms with Crippen molar-refractivity contribution in [2.45, 2.75) is 19.5 Å². The van der Waals surface area contributed by atoms with E-state index in [2.05, 4.69) is 17.0 Å². The molecule has 0 spiro atoms. The molecule has 0 amide bonds. The maximum Gasteiger partial charge on any atom is 0.339 e. The Balaban J connectivity index is 1.80. The van der Waals surface area contributed by atoms with Gasteiger partial charge in [0.05, 0.1) is 25.8 Å². The SMILES string of the molecule is Cc1oc(CN2CCOCC2c2ccccc2)cc1C(=O)O. The summed E-state index contributed by atoms with van der Waals surface area (Å²) in [6, 6.07) is 12.0. The molecule has 5 nitrogen and oxygen atoms in total. The number of ether oxygens (including phenoxy) is 1. The Kier molecular flexibility index (Phi) is 4.27. The van der Waals surface area contributed by atoms with Crippen LogP contribution < -0.4 is 0 Å². The largest absolute Gasteiger partial charge is 0.478 e. The number of furan rings is 1. The van der Waals surface area contributed by atoms with Gasteiger partial charge in [0.2, 0.25) is 0 Å². The van der Waals surface area contributed by atoms with Gasteiger partial charge in [0.25, 0.3) is 0 Å². The second-order valence-electron chi connectivity index (χ2n) is 5.46. The van der Waals surface area contributed by atoms with Crippen molar-refractivity contribution in [3.63, 3.8) is 0 Å². The average molecular weight is 301 g/mol. The molecular formula is C17H19NO4. The van der Waals surface area contributed by atoms with Crippen molar-refractivity contribution in [2.24, 2.45) is 0 Å². The summed E-state index contributed by atoms with van der Waals surface area (Å²) < 4.78 is 11.2. The van der Waals surface area contributed by atoms with Gasteiger partial charge in [0.15, 0.2) is 0 Å². The fraction of sp³-hybridized carbons (Fsp3) is 0.353. The smallest absolute Gasteiger partial charge is 0.339 e. The van der Waals surface area contributed by atoms with E-state index in [1.54, 1.807) is 13.0 Å². The molecule has 0 bridgehead atoms. The Hall–Kier alpha value is -2.11. The van der Waals surface area contributed by atoms with Gasteiger partial charge in [0.1, 0.15) is 17.1 Å². The number of benzene rings is 1. The molecule has 2 aromatic rings. The van der Waals surface area contributed by atoms with Crippen LogP contribution in [0.25, 0.3) is 0 Å². The monoisotopic (exact) mass is 301 g/mol. The zero-order valence-corrected chi connectivity index (χ0v) is 12.5. The lowest BCUT2D eigenvalue weighted by atomic mass is 10.0. The second-order valence-corrected chi connectivity index (χ2v) is 5.46. The van der Waals surface area contributed by atoms with Gasteiger partial charge in [-0.25, -0.2) is 4.79 Å². The first-order valence-electron chi connectivity index (χ1n) is 7.34. The number of aryl methyl sites for hydroxylation is 1. The lowest BCUT2D eigenvalue weighted by Gasteiger charge is -2.35. The molecule has 22 heavy (non-hydrogen) atoms. The highest BCUT2D eigenvalue weighted by molar-refractivity contribution is 5.88. The van der Waals surface area contributed by atoms with Crippen molar-refractivity contribution in [3.8, 4) is 0 Å². The van der Waals surface area contributed by atoms with E-state index in [9.17, 15) is 4.79 Å². The predicted molar refractivity (Wildman–Crippen MR) is 80.8 cm³/mol. The van der Waals surface area contributed by atoms with E-state index < -0.39 is 5.97 Å². The van der Waals surface area contributed by atoms with Gasteiger partial charge in [-0.05, 0) is 18.6 Å². The van der Waals surface area contributed by atoms with Crippen LogP contribution in [0.15, 0.2) is 40.8 Å². The maximum absolute atomic E-state index is 11.1. The van der Waals surface area contributed by atoms with Gasteiger partial charge < -0.3 is 14.3 Å². The first-order valence-corrected chi connectivity index (χ1v) is 7.34. The van der Waals surface area contributed by atoms with Gasteiger partial charge in [-0.1, -0.05) is 30.3 Å². The topological polar surface area (TPSA) is 62.9 Å². The van der Waals surface area contributed by atoms with E-state index in [-0.39, 0.29) is 11.6 Å². The molecule has 5 heteroatoms. The Labute approximate surface area is 129 Å². The number of carbonyl (C=O) groups is 1. The predicted octanol–water partition coefficient (Wildman–Crippen LogP) is 2.86. The van der Waals surface area contributed by atoms with E-state index in [4.69, 9.17) is 14.3 Å². The molecule has 1 aromatic carbocycles. The van der Waals surface area contributed by atoms with E-state index >= 15 is 0 Å². The molecule has 1 aliphatic heterocycles. The molecule has 2 heterocycles. The Morgan fingerprint density at radius 3 is 2.82 bits per heavy atom. The molecule has 1 atom stereocenters. The number of aromatic carboxylic acids is 1. The van der Waals surface area contributed by atoms with Crippen molar-refractivity contribution >= 4 is 5.97 Å². The Morgan fingerprint density at radius 2 is 2.14 bits per heavy atom. The molecule has 0 aliphatic carbocycles. The van der Waals surface area contributed by atoms with Crippen molar-refractivity contribution < 1.29 is 19.1 Å². The first kappa shape index (κ1) is 14.8. The minimum absolute atomic E-state index is 0.161.